The Labute approximate surface area is 144 Å². The molecule has 2 N–H and O–H groups in total. The van der Waals surface area contributed by atoms with Gasteiger partial charge in [-0.25, -0.2) is 0 Å². The number of para-hydroxylation sites is 1. The predicted molar refractivity (Wildman–Crippen MR) is 95.5 cm³/mol. The van der Waals surface area contributed by atoms with E-state index >= 15 is 0 Å². The van der Waals surface area contributed by atoms with Crippen molar-refractivity contribution in [2.75, 3.05) is 18.4 Å². The molecule has 5 nitrogen and oxygen atoms in total. The fraction of sp³-hybridized carbons (Fsp3) is 0.579. The second kappa shape index (κ2) is 7.79. The molecule has 1 aliphatic heterocycles. The van der Waals surface area contributed by atoms with Gasteiger partial charge < -0.3 is 10.4 Å². The molecule has 1 aromatic carbocycles. The lowest BCUT2D eigenvalue weighted by Crippen LogP contribution is -2.41. The number of nitrogens with one attached hydrogen (secondary N) is 1. The first-order valence-electron chi connectivity index (χ1n) is 8.70. The highest BCUT2D eigenvalue weighted by molar-refractivity contribution is 5.94. The van der Waals surface area contributed by atoms with Gasteiger partial charge in [-0.2, -0.15) is 0 Å². The molecule has 1 fully saturated rings. The molecule has 0 radical (unpaired) electrons. The van der Waals surface area contributed by atoms with Crippen LogP contribution in [0.5, 0.6) is 0 Å². The van der Waals surface area contributed by atoms with E-state index in [0.29, 0.717) is 24.8 Å². The first-order chi connectivity index (χ1) is 11.3. The summed E-state index contributed by atoms with van der Waals surface area (Å²) in [4.78, 5) is 25.6. The minimum atomic E-state index is -0.842. The average Bonchev–Trinajstić information content (AvgIpc) is 2.95. The number of anilines is 1. The second-order valence-corrected chi connectivity index (χ2v) is 7.14. The third-order valence-corrected chi connectivity index (χ3v) is 4.63. The molecule has 1 heterocycles. The molecule has 2 rings (SSSR count). The van der Waals surface area contributed by atoms with Gasteiger partial charge in [0.2, 0.25) is 5.91 Å². The summed E-state index contributed by atoms with van der Waals surface area (Å²) in [6.07, 6.45) is 1.44. The van der Waals surface area contributed by atoms with Gasteiger partial charge in [0, 0.05) is 5.69 Å². The van der Waals surface area contributed by atoms with Gasteiger partial charge in [0.15, 0.2) is 0 Å². The van der Waals surface area contributed by atoms with Crippen molar-refractivity contribution in [2.45, 2.75) is 58.4 Å². The molecular weight excluding hydrogens is 304 g/mol. The minimum absolute atomic E-state index is 0.126. The highest BCUT2D eigenvalue weighted by Gasteiger charge is 2.31. The van der Waals surface area contributed by atoms with E-state index < -0.39 is 12.0 Å². The van der Waals surface area contributed by atoms with Crippen LogP contribution >= 0.6 is 0 Å². The summed E-state index contributed by atoms with van der Waals surface area (Å²) >= 11 is 0. The van der Waals surface area contributed by atoms with Gasteiger partial charge >= 0.3 is 5.97 Å². The molecule has 0 unspecified atom stereocenters. The topological polar surface area (TPSA) is 69.6 Å². The molecule has 24 heavy (non-hydrogen) atoms. The molecule has 1 amide bonds. The Morgan fingerprint density at radius 1 is 1.21 bits per heavy atom. The highest BCUT2D eigenvalue weighted by Crippen LogP contribution is 2.32. The Morgan fingerprint density at radius 2 is 1.79 bits per heavy atom. The number of benzene rings is 1. The Hall–Kier alpha value is -1.88. The SMILES string of the molecule is CC(C)c1cccc(C(C)C)c1NC(=O)CN1CCC[C@@H]1C(=O)O. The van der Waals surface area contributed by atoms with Crippen molar-refractivity contribution < 1.29 is 14.7 Å². The number of carboxylic acid groups (broad SMARTS) is 1. The van der Waals surface area contributed by atoms with E-state index in [1.54, 1.807) is 4.90 Å². The summed E-state index contributed by atoms with van der Waals surface area (Å²) < 4.78 is 0. The summed E-state index contributed by atoms with van der Waals surface area (Å²) in [6, 6.07) is 5.58. The largest absolute Gasteiger partial charge is 0.480 e. The van der Waals surface area contributed by atoms with Gasteiger partial charge in [-0.05, 0) is 42.3 Å². The molecule has 0 saturated carbocycles. The van der Waals surface area contributed by atoms with Crippen molar-refractivity contribution in [1.82, 2.24) is 4.90 Å². The first-order valence-corrected chi connectivity index (χ1v) is 8.70. The van der Waals surface area contributed by atoms with Crippen molar-refractivity contribution in [3.05, 3.63) is 29.3 Å². The zero-order valence-corrected chi connectivity index (χ0v) is 15.0. The van der Waals surface area contributed by atoms with Crippen LogP contribution in [-0.4, -0.2) is 41.0 Å². The zero-order valence-electron chi connectivity index (χ0n) is 15.0. The monoisotopic (exact) mass is 332 g/mol. The lowest BCUT2D eigenvalue weighted by atomic mass is 9.92. The van der Waals surface area contributed by atoms with Gasteiger partial charge in [-0.15, -0.1) is 0 Å². The molecule has 0 spiro atoms. The number of hydrogen-bond acceptors (Lipinski definition) is 3. The molecular formula is C19H28N2O3. The van der Waals surface area contributed by atoms with Crippen molar-refractivity contribution in [3.63, 3.8) is 0 Å². The summed E-state index contributed by atoms with van der Waals surface area (Å²) in [7, 11) is 0. The highest BCUT2D eigenvalue weighted by atomic mass is 16.4. The summed E-state index contributed by atoms with van der Waals surface area (Å²) in [5.74, 6) is -0.376. The van der Waals surface area contributed by atoms with Gasteiger partial charge in [0.05, 0.1) is 6.54 Å². The van der Waals surface area contributed by atoms with Crippen molar-refractivity contribution in [3.8, 4) is 0 Å². The lowest BCUT2D eigenvalue weighted by molar-refractivity contribution is -0.142. The molecule has 5 heteroatoms. The molecule has 1 saturated heterocycles. The molecule has 0 aliphatic carbocycles. The van der Waals surface area contributed by atoms with Crippen molar-refractivity contribution >= 4 is 17.6 Å². The zero-order chi connectivity index (χ0) is 17.9. The summed E-state index contributed by atoms with van der Waals surface area (Å²) in [5.41, 5.74) is 3.12. The molecule has 1 atom stereocenters. The maximum Gasteiger partial charge on any atom is 0.320 e. The smallest absolute Gasteiger partial charge is 0.320 e. The number of carbonyl (C=O) groups excluding carboxylic acids is 1. The van der Waals surface area contributed by atoms with Crippen LogP contribution in [0.25, 0.3) is 0 Å². The maximum absolute atomic E-state index is 12.5. The van der Waals surface area contributed by atoms with Crippen LogP contribution in [0.3, 0.4) is 0 Å². The normalized spacial score (nSPS) is 18.3. The van der Waals surface area contributed by atoms with Gasteiger partial charge in [-0.3, -0.25) is 14.5 Å². The van der Waals surface area contributed by atoms with Crippen LogP contribution in [0.4, 0.5) is 5.69 Å². The van der Waals surface area contributed by atoms with Crippen LogP contribution < -0.4 is 5.32 Å². The summed E-state index contributed by atoms with van der Waals surface area (Å²) in [5, 5.41) is 12.3. The third-order valence-electron chi connectivity index (χ3n) is 4.63. The molecule has 0 aromatic heterocycles. The molecule has 132 valence electrons. The van der Waals surface area contributed by atoms with Crippen LogP contribution in [-0.2, 0) is 9.59 Å². The maximum atomic E-state index is 12.5. The minimum Gasteiger partial charge on any atom is -0.480 e. The fourth-order valence-corrected chi connectivity index (χ4v) is 3.35. The average molecular weight is 332 g/mol. The standard InChI is InChI=1S/C19H28N2O3/c1-12(2)14-7-5-8-15(13(3)4)18(14)20-17(22)11-21-10-6-9-16(21)19(23)24/h5,7-8,12-13,16H,6,9-11H2,1-4H3,(H,20,22)(H,23,24)/t16-/m1/s1. The number of amides is 1. The van der Waals surface area contributed by atoms with Gasteiger partial charge in [0.25, 0.3) is 0 Å². The number of likely N-dealkylation sites (tertiary alicyclic amines) is 1. The van der Waals surface area contributed by atoms with E-state index in [9.17, 15) is 14.7 Å². The Kier molecular flexibility index (Phi) is 5.99. The number of aliphatic carboxylic acids is 1. The summed E-state index contributed by atoms with van der Waals surface area (Å²) in [6.45, 7) is 9.21. The van der Waals surface area contributed by atoms with Gasteiger partial charge in [-0.1, -0.05) is 45.9 Å². The number of carboxylic acids is 1. The first kappa shape index (κ1) is 18.5. The van der Waals surface area contributed by atoms with E-state index in [0.717, 1.165) is 23.2 Å². The third kappa shape index (κ3) is 4.15. The molecule has 1 aromatic rings. The van der Waals surface area contributed by atoms with E-state index in [1.807, 2.05) is 18.2 Å². The predicted octanol–water partition coefficient (Wildman–Crippen LogP) is 3.42. The van der Waals surface area contributed by atoms with E-state index in [-0.39, 0.29) is 12.5 Å². The van der Waals surface area contributed by atoms with E-state index in [1.165, 1.54) is 0 Å². The number of carbonyl (C=O) groups is 2. The van der Waals surface area contributed by atoms with E-state index in [4.69, 9.17) is 0 Å². The molecule has 1 aliphatic rings. The lowest BCUT2D eigenvalue weighted by Gasteiger charge is -2.23. The number of nitrogens with zero attached hydrogens (tertiary/aromatic N) is 1. The Balaban J connectivity index is 2.18. The fourth-order valence-electron chi connectivity index (χ4n) is 3.35. The van der Waals surface area contributed by atoms with Crippen molar-refractivity contribution in [1.29, 1.82) is 0 Å². The van der Waals surface area contributed by atoms with Crippen LogP contribution in [0.15, 0.2) is 18.2 Å². The molecule has 0 bridgehead atoms. The number of rotatable bonds is 6. The van der Waals surface area contributed by atoms with Gasteiger partial charge in [0.1, 0.15) is 6.04 Å². The quantitative estimate of drug-likeness (QED) is 0.837. The number of hydrogen-bond donors (Lipinski definition) is 2. The Bertz CT molecular complexity index is 584. The Morgan fingerprint density at radius 3 is 2.29 bits per heavy atom. The van der Waals surface area contributed by atoms with E-state index in [2.05, 4.69) is 33.0 Å². The van der Waals surface area contributed by atoms with Crippen LogP contribution in [0.1, 0.15) is 63.5 Å². The van der Waals surface area contributed by atoms with Crippen LogP contribution in [0.2, 0.25) is 0 Å². The van der Waals surface area contributed by atoms with Crippen molar-refractivity contribution in [2.24, 2.45) is 0 Å². The van der Waals surface area contributed by atoms with Crippen LogP contribution in [0, 0.1) is 0 Å². The second-order valence-electron chi connectivity index (χ2n) is 7.14.